The van der Waals surface area contributed by atoms with E-state index in [2.05, 4.69) is 57.1 Å². The van der Waals surface area contributed by atoms with Gasteiger partial charge in [0.05, 0.1) is 49.5 Å². The van der Waals surface area contributed by atoms with Crippen LogP contribution in [0.3, 0.4) is 0 Å². The van der Waals surface area contributed by atoms with E-state index in [1.807, 2.05) is 10.6 Å². The highest BCUT2D eigenvalue weighted by molar-refractivity contribution is 5.87. The lowest BCUT2D eigenvalue weighted by atomic mass is 9.82. The first kappa shape index (κ1) is 60.4. The maximum atomic E-state index is 16.1. The molecule has 2 aromatic heterocycles. The van der Waals surface area contributed by atoms with Gasteiger partial charge in [-0.25, -0.2) is 43.3 Å². The standard InChI is InChI=1S/C53H61F8N11O8/c1-29-63-21-34(22-64-29)33-17-39(54)38(40(55)18-33)25-71(69-46(75)44(80-48(76)62-6)51(4,5)53(59,60)61)26-42(73)41(67-45(74)43(68-49(77)78-7)50(2,3)52(56,57)58)16-31-11-8-30(9-12-31)10-13-32-19-65-47(66-20-32)70-23-35-14-15-36(24-70)72(35)37-27-79-28-37/h8-9,11-12,17-22,35-37,41-44,73H,14-16,23-28H2,1-7H3,(H,62,76)(H,67,74)(H,68,77)(H,69,75)/t35-,36-,41-,42-,43+,44+/m0/s1. The van der Waals surface area contributed by atoms with Gasteiger partial charge in [-0.05, 0) is 89.3 Å². The number of methoxy groups -OCH3 is 1. The molecule has 0 unspecified atom stereocenters. The summed E-state index contributed by atoms with van der Waals surface area (Å²) in [5.41, 5.74) is -3.51. The van der Waals surface area contributed by atoms with E-state index < -0.39 is 108 Å². The molecule has 3 saturated heterocycles. The van der Waals surface area contributed by atoms with Crippen molar-refractivity contribution in [1.29, 1.82) is 0 Å². The third-order valence-electron chi connectivity index (χ3n) is 14.5. The summed E-state index contributed by atoms with van der Waals surface area (Å²) in [7, 11) is 1.84. The number of aliphatic hydroxyl groups excluding tert-OH is 1. The van der Waals surface area contributed by atoms with Crippen LogP contribution in [-0.2, 0) is 36.8 Å². The number of aryl methyl sites for hydroxylation is 1. The molecule has 3 aliphatic rings. The first-order chi connectivity index (χ1) is 37.6. The van der Waals surface area contributed by atoms with Gasteiger partial charge in [-0.1, -0.05) is 24.0 Å². The number of hydrogen-bond donors (Lipinski definition) is 5. The molecule has 5 N–H and O–H groups in total. The number of aliphatic hydroxyl groups is 1. The lowest BCUT2D eigenvalue weighted by molar-refractivity contribution is -0.239. The molecule has 4 aromatic rings. The lowest BCUT2D eigenvalue weighted by Gasteiger charge is -2.47. The van der Waals surface area contributed by atoms with Gasteiger partial charge in [-0.3, -0.25) is 19.9 Å². The summed E-state index contributed by atoms with van der Waals surface area (Å²) in [6, 6.07) is 4.94. The van der Waals surface area contributed by atoms with Crippen LogP contribution in [-0.4, -0.2) is 161 Å². The summed E-state index contributed by atoms with van der Waals surface area (Å²) in [5.74, 6) is 1.19. The maximum Gasteiger partial charge on any atom is 0.407 e. The Labute approximate surface area is 455 Å². The minimum atomic E-state index is -5.22. The Morgan fingerprint density at radius 2 is 1.36 bits per heavy atom. The number of benzene rings is 2. The molecule has 7 rings (SSSR count). The fourth-order valence-electron chi connectivity index (χ4n) is 9.44. The molecule has 5 heterocycles. The number of rotatable bonds is 18. The predicted molar refractivity (Wildman–Crippen MR) is 271 cm³/mol. The van der Waals surface area contributed by atoms with Crippen LogP contribution < -0.4 is 26.3 Å². The summed E-state index contributed by atoms with van der Waals surface area (Å²) in [6.45, 7) is 4.84. The Bertz CT molecular complexity index is 2880. The SMILES string of the molecule is CNC(=O)O[C@H](C(=O)NN(Cc1c(F)cc(-c2cnc(C)nc2)cc1F)C[C@H](O)[C@H](Cc1ccc(C#Cc2cnc(N3C[C@@H]4CC[C@@H](C3)N4C3COC3)nc2)cc1)NC(=O)[C@@H](NC(=O)OC)C(C)(C)C(F)(F)F)C(C)(C)C(F)(F)F. The molecular formula is C53H61F8N11O8. The monoisotopic (exact) mass is 1130 g/mol. The summed E-state index contributed by atoms with van der Waals surface area (Å²) < 4.78 is 134. The van der Waals surface area contributed by atoms with Crippen molar-refractivity contribution >= 4 is 29.9 Å². The minimum absolute atomic E-state index is 0.0447. The van der Waals surface area contributed by atoms with Gasteiger partial charge in [0.25, 0.3) is 5.91 Å². The first-order valence-corrected chi connectivity index (χ1v) is 25.3. The van der Waals surface area contributed by atoms with Crippen molar-refractivity contribution in [3.8, 4) is 23.0 Å². The van der Waals surface area contributed by atoms with Crippen LogP contribution in [0.25, 0.3) is 11.1 Å². The largest absolute Gasteiger partial charge is 0.453 e. The Hall–Kier alpha value is -7.28. The van der Waals surface area contributed by atoms with Crippen molar-refractivity contribution in [2.75, 3.05) is 51.9 Å². The Morgan fingerprint density at radius 1 is 0.787 bits per heavy atom. The number of amides is 4. The van der Waals surface area contributed by atoms with Gasteiger partial charge in [0, 0.05) is 86.8 Å². The second-order valence-corrected chi connectivity index (χ2v) is 20.9. The second kappa shape index (κ2) is 24.6. The van der Waals surface area contributed by atoms with E-state index in [9.17, 15) is 50.6 Å². The number of fused-ring (bicyclic) bond motifs is 2. The number of nitrogens with one attached hydrogen (secondary N) is 4. The molecule has 432 valence electrons. The van der Waals surface area contributed by atoms with Crippen molar-refractivity contribution in [1.82, 2.24) is 51.2 Å². The van der Waals surface area contributed by atoms with Crippen LogP contribution in [0.2, 0.25) is 0 Å². The maximum absolute atomic E-state index is 16.1. The van der Waals surface area contributed by atoms with E-state index >= 15 is 8.78 Å². The van der Waals surface area contributed by atoms with E-state index in [4.69, 9.17) is 9.47 Å². The average molecular weight is 1130 g/mol. The van der Waals surface area contributed by atoms with Crippen molar-refractivity contribution in [2.45, 2.75) is 115 Å². The lowest BCUT2D eigenvalue weighted by Crippen LogP contribution is -2.62. The fraction of sp³-hybridized carbons (Fsp3) is 0.509. The van der Waals surface area contributed by atoms with E-state index in [1.54, 1.807) is 31.5 Å². The zero-order valence-electron chi connectivity index (χ0n) is 44.6. The number of ether oxygens (including phenoxy) is 3. The second-order valence-electron chi connectivity index (χ2n) is 20.9. The van der Waals surface area contributed by atoms with Crippen LogP contribution in [0, 0.1) is 41.2 Å². The van der Waals surface area contributed by atoms with Gasteiger partial charge in [0.2, 0.25) is 11.9 Å². The molecular weight excluding hydrogens is 1070 g/mol. The highest BCUT2D eigenvalue weighted by Crippen LogP contribution is 2.43. The van der Waals surface area contributed by atoms with Gasteiger partial charge in [-0.2, -0.15) is 26.3 Å². The van der Waals surface area contributed by atoms with Crippen molar-refractivity contribution < 1.29 is 73.6 Å². The quantitative estimate of drug-likeness (QED) is 0.0470. The van der Waals surface area contributed by atoms with Gasteiger partial charge < -0.3 is 40.2 Å². The molecule has 0 saturated carbocycles. The summed E-state index contributed by atoms with van der Waals surface area (Å²) in [4.78, 5) is 74.8. The molecule has 80 heavy (non-hydrogen) atoms. The van der Waals surface area contributed by atoms with Crippen LogP contribution in [0.1, 0.15) is 68.6 Å². The third kappa shape index (κ3) is 14.0. The molecule has 4 amide bonds. The van der Waals surface area contributed by atoms with E-state index in [1.165, 1.54) is 24.5 Å². The van der Waals surface area contributed by atoms with E-state index in [-0.39, 0.29) is 11.1 Å². The smallest absolute Gasteiger partial charge is 0.407 e. The molecule has 27 heteroatoms. The highest BCUT2D eigenvalue weighted by atomic mass is 19.4. The normalized spacial score (nSPS) is 18.4. The number of carbonyl (C=O) groups excluding carboxylic acids is 4. The number of alkyl carbamates (subject to hydrolysis) is 2. The number of alkyl halides is 6. The zero-order valence-corrected chi connectivity index (χ0v) is 44.6. The average Bonchev–Trinajstić information content (AvgIpc) is 3.77. The van der Waals surface area contributed by atoms with Gasteiger partial charge in [0.1, 0.15) is 28.9 Å². The molecule has 3 fully saturated rings. The van der Waals surface area contributed by atoms with Gasteiger partial charge >= 0.3 is 24.5 Å². The first-order valence-electron chi connectivity index (χ1n) is 25.3. The number of hydrazine groups is 1. The Morgan fingerprint density at radius 3 is 1.89 bits per heavy atom. The molecule has 0 spiro atoms. The fourth-order valence-corrected chi connectivity index (χ4v) is 9.44. The highest BCUT2D eigenvalue weighted by Gasteiger charge is 2.58. The molecule has 0 radical (unpaired) electrons. The molecule has 6 atom stereocenters. The van der Waals surface area contributed by atoms with Crippen molar-refractivity contribution in [2.24, 2.45) is 10.8 Å². The number of aromatic nitrogens is 4. The van der Waals surface area contributed by atoms with Crippen LogP contribution in [0.5, 0.6) is 0 Å². The number of piperazine rings is 1. The Balaban J connectivity index is 1.18. The van der Waals surface area contributed by atoms with Crippen LogP contribution in [0.4, 0.5) is 50.7 Å². The topological polar surface area (TPSA) is 226 Å². The van der Waals surface area contributed by atoms with Crippen molar-refractivity contribution in [3.63, 3.8) is 0 Å². The molecule has 19 nitrogen and oxygen atoms in total. The molecule has 3 aliphatic heterocycles. The van der Waals surface area contributed by atoms with Gasteiger partial charge in [0.15, 0.2) is 6.10 Å². The van der Waals surface area contributed by atoms with Gasteiger partial charge in [-0.15, -0.1) is 0 Å². The minimum Gasteiger partial charge on any atom is -0.453 e. The van der Waals surface area contributed by atoms with E-state index in [0.717, 1.165) is 65.4 Å². The summed E-state index contributed by atoms with van der Waals surface area (Å²) in [6.07, 6.45) is -10.6. The number of carbonyl (C=O) groups is 4. The van der Waals surface area contributed by atoms with Crippen molar-refractivity contribution in [3.05, 3.63) is 101 Å². The van der Waals surface area contributed by atoms with Crippen LogP contribution >= 0.6 is 0 Å². The molecule has 2 bridgehead atoms. The third-order valence-corrected chi connectivity index (χ3v) is 14.5. The number of anilines is 1. The van der Waals surface area contributed by atoms with E-state index in [0.29, 0.717) is 79.3 Å². The summed E-state index contributed by atoms with van der Waals surface area (Å²) in [5, 5.41) is 18.8. The molecule has 2 aromatic carbocycles. The predicted octanol–water partition coefficient (Wildman–Crippen LogP) is 5.52. The number of hydrogen-bond acceptors (Lipinski definition) is 15. The Kier molecular flexibility index (Phi) is 18.6. The number of halogens is 8. The molecule has 0 aliphatic carbocycles. The number of nitrogens with zero attached hydrogens (tertiary/aromatic N) is 7. The summed E-state index contributed by atoms with van der Waals surface area (Å²) >= 11 is 0. The zero-order chi connectivity index (χ0) is 58.5. The van der Waals surface area contributed by atoms with Crippen LogP contribution in [0.15, 0.2) is 61.2 Å².